The molecule has 0 saturated carbocycles. The van der Waals surface area contributed by atoms with E-state index in [2.05, 4.69) is 4.98 Å². The maximum absolute atomic E-state index is 13.7. The summed E-state index contributed by atoms with van der Waals surface area (Å²) in [5.41, 5.74) is 2.43. The van der Waals surface area contributed by atoms with Crippen LogP contribution in [0.3, 0.4) is 0 Å². The normalized spacial score (nSPS) is 14.6. The van der Waals surface area contributed by atoms with Crippen LogP contribution in [0.4, 0.5) is 5.69 Å². The van der Waals surface area contributed by atoms with E-state index in [0.717, 1.165) is 16.3 Å². The highest BCUT2D eigenvalue weighted by Gasteiger charge is 2.46. The minimum Gasteiger partial charge on any atom is -0.854 e. The van der Waals surface area contributed by atoms with E-state index in [1.807, 2.05) is 73.8 Å². The summed E-state index contributed by atoms with van der Waals surface area (Å²) in [6, 6.07) is 19.3. The Morgan fingerprint density at radius 3 is 2.68 bits per heavy atom. The van der Waals surface area contributed by atoms with Crippen LogP contribution in [0.5, 0.6) is 11.6 Å². The van der Waals surface area contributed by atoms with Gasteiger partial charge >= 0.3 is 0 Å². The molecule has 1 amide bonds. The average molecular weight is 473 g/mol. The van der Waals surface area contributed by atoms with Gasteiger partial charge < -0.3 is 9.84 Å². The number of fused-ring (bicyclic) bond motifs is 4. The Morgan fingerprint density at radius 1 is 1.15 bits per heavy atom. The fourth-order valence-electron chi connectivity index (χ4n) is 4.61. The summed E-state index contributed by atoms with van der Waals surface area (Å²) in [7, 11) is 1.61. The summed E-state index contributed by atoms with van der Waals surface area (Å²) in [5, 5.41) is 20.3. The predicted molar refractivity (Wildman–Crippen MR) is 130 cm³/mol. The molecule has 0 N–H and O–H groups in total. The summed E-state index contributed by atoms with van der Waals surface area (Å²) in [5.74, 6) is 0.191. The van der Waals surface area contributed by atoms with Crippen LogP contribution in [0.2, 0.25) is 0 Å². The van der Waals surface area contributed by atoms with Crippen molar-refractivity contribution < 1.29 is 19.3 Å². The molecular formula is C26H24N4O3S. The van der Waals surface area contributed by atoms with Gasteiger partial charge in [0, 0.05) is 11.5 Å². The molecule has 1 aliphatic heterocycles. The highest BCUT2D eigenvalue weighted by Crippen LogP contribution is 2.44. The second-order valence-corrected chi connectivity index (χ2v) is 8.78. The Labute approximate surface area is 202 Å². The largest absolute Gasteiger partial charge is 0.854 e. The molecule has 0 radical (unpaired) electrons. The van der Waals surface area contributed by atoms with Crippen LogP contribution >= 0.6 is 11.8 Å². The average Bonchev–Trinajstić information content (AvgIpc) is 2.87. The standard InChI is InChI=1S/C26H24N4O3S/c1-4-9-21(31)29-19-13-8-7-12-18(19)23-24(32)27-26(34-3)28-30(23)25(29)22-17-11-6-5-10-16(17)14-15-20(22)33-2/h5-8,10-15,25H,4,9H2,1-3H3. The molecule has 0 aliphatic carbocycles. The zero-order chi connectivity index (χ0) is 23.8. The van der Waals surface area contributed by atoms with Crippen molar-refractivity contribution in [3.8, 4) is 22.9 Å². The molecule has 3 aromatic carbocycles. The lowest BCUT2D eigenvalue weighted by atomic mass is 9.96. The zero-order valence-electron chi connectivity index (χ0n) is 19.2. The van der Waals surface area contributed by atoms with Crippen molar-refractivity contribution in [1.82, 2.24) is 10.1 Å². The lowest BCUT2D eigenvalue weighted by Crippen LogP contribution is -2.59. The lowest BCUT2D eigenvalue weighted by Gasteiger charge is -2.34. The number of hydrogen-bond donors (Lipinski definition) is 0. The number of anilines is 1. The third kappa shape index (κ3) is 3.45. The number of para-hydroxylation sites is 1. The van der Waals surface area contributed by atoms with Gasteiger partial charge in [-0.25, -0.2) is 9.88 Å². The fraction of sp³-hybridized carbons (Fsp3) is 0.231. The number of rotatable bonds is 5. The fourth-order valence-corrected chi connectivity index (χ4v) is 4.95. The predicted octanol–water partition coefficient (Wildman–Crippen LogP) is 4.08. The molecule has 2 heterocycles. The van der Waals surface area contributed by atoms with Gasteiger partial charge in [-0.2, -0.15) is 0 Å². The van der Waals surface area contributed by atoms with Crippen LogP contribution in [0.25, 0.3) is 22.0 Å². The van der Waals surface area contributed by atoms with Gasteiger partial charge in [-0.3, -0.25) is 4.79 Å². The van der Waals surface area contributed by atoms with Gasteiger partial charge in [-0.1, -0.05) is 65.8 Å². The Hall–Kier alpha value is -3.65. The van der Waals surface area contributed by atoms with Crippen LogP contribution < -0.4 is 19.4 Å². The molecule has 1 aromatic heterocycles. The molecule has 5 rings (SSSR count). The van der Waals surface area contributed by atoms with Gasteiger partial charge in [0.05, 0.1) is 29.8 Å². The summed E-state index contributed by atoms with van der Waals surface area (Å²) in [4.78, 5) is 19.6. The van der Waals surface area contributed by atoms with Gasteiger partial charge in [0.15, 0.2) is 0 Å². The van der Waals surface area contributed by atoms with Gasteiger partial charge in [0.1, 0.15) is 5.75 Å². The summed E-state index contributed by atoms with van der Waals surface area (Å²) in [6.45, 7) is 1.98. The highest BCUT2D eigenvalue weighted by atomic mass is 32.2. The first kappa shape index (κ1) is 22.2. The molecule has 0 bridgehead atoms. The van der Waals surface area contributed by atoms with Crippen LogP contribution in [0.1, 0.15) is 31.5 Å². The van der Waals surface area contributed by atoms with Crippen molar-refractivity contribution in [3.05, 3.63) is 66.2 Å². The number of ether oxygens (including phenoxy) is 1. The maximum atomic E-state index is 13.7. The third-order valence-electron chi connectivity index (χ3n) is 6.04. The number of nitrogens with zero attached hydrogens (tertiary/aromatic N) is 4. The SMILES string of the molecule is CCCC(=O)N1c2ccccc2-c2c([O-])nc(SC)n[n+]2C1c1c(OC)ccc2ccccc12. The molecular weight excluding hydrogens is 448 g/mol. The molecule has 0 saturated heterocycles. The third-order valence-corrected chi connectivity index (χ3v) is 6.58. The maximum Gasteiger partial charge on any atom is 0.297 e. The molecule has 0 fully saturated rings. The molecule has 7 nitrogen and oxygen atoms in total. The summed E-state index contributed by atoms with van der Waals surface area (Å²) < 4.78 is 7.46. The Balaban J connectivity index is 1.92. The van der Waals surface area contributed by atoms with E-state index in [-0.39, 0.29) is 11.8 Å². The molecule has 4 aromatic rings. The molecule has 1 atom stereocenters. The van der Waals surface area contributed by atoms with E-state index in [4.69, 9.17) is 9.84 Å². The Bertz CT molecular complexity index is 1410. The summed E-state index contributed by atoms with van der Waals surface area (Å²) >= 11 is 1.29. The number of thioether (sulfide) groups is 1. The van der Waals surface area contributed by atoms with Crippen molar-refractivity contribution >= 4 is 34.1 Å². The molecule has 1 aliphatic rings. The molecule has 1 unspecified atom stereocenters. The first-order chi connectivity index (χ1) is 16.6. The van der Waals surface area contributed by atoms with Crippen molar-refractivity contribution in [2.75, 3.05) is 18.3 Å². The first-order valence-corrected chi connectivity index (χ1v) is 12.3. The van der Waals surface area contributed by atoms with Gasteiger partial charge in [0.2, 0.25) is 5.91 Å². The second kappa shape index (κ2) is 8.95. The minimum atomic E-state index is -0.716. The van der Waals surface area contributed by atoms with E-state index in [9.17, 15) is 9.90 Å². The van der Waals surface area contributed by atoms with Crippen molar-refractivity contribution in [3.63, 3.8) is 0 Å². The minimum absolute atomic E-state index is 0.0511. The number of amides is 1. The van der Waals surface area contributed by atoms with E-state index < -0.39 is 6.17 Å². The Kier molecular flexibility index (Phi) is 5.83. The number of benzene rings is 3. The van der Waals surface area contributed by atoms with Gasteiger partial charge in [0.25, 0.3) is 17.0 Å². The van der Waals surface area contributed by atoms with E-state index in [0.29, 0.717) is 40.7 Å². The number of aromatic nitrogens is 3. The zero-order valence-corrected chi connectivity index (χ0v) is 20.0. The summed E-state index contributed by atoms with van der Waals surface area (Å²) in [6.07, 6.45) is 2.16. The van der Waals surface area contributed by atoms with Gasteiger partial charge in [-0.15, -0.1) is 0 Å². The van der Waals surface area contributed by atoms with Crippen LogP contribution in [0, 0.1) is 0 Å². The number of hydrogen-bond acceptors (Lipinski definition) is 6. The first-order valence-electron chi connectivity index (χ1n) is 11.1. The smallest absolute Gasteiger partial charge is 0.297 e. The number of carbonyl (C=O) groups is 1. The van der Waals surface area contributed by atoms with Crippen LogP contribution in [0.15, 0.2) is 65.8 Å². The molecule has 172 valence electrons. The van der Waals surface area contributed by atoms with Crippen molar-refractivity contribution in [2.24, 2.45) is 0 Å². The second-order valence-electron chi connectivity index (χ2n) is 8.00. The van der Waals surface area contributed by atoms with Crippen LogP contribution in [-0.2, 0) is 4.79 Å². The molecule has 8 heteroatoms. The number of methoxy groups -OCH3 is 1. The quantitative estimate of drug-likeness (QED) is 0.322. The highest BCUT2D eigenvalue weighted by molar-refractivity contribution is 7.98. The topological polar surface area (TPSA) is 82.3 Å². The molecule has 34 heavy (non-hydrogen) atoms. The van der Waals surface area contributed by atoms with Gasteiger partial charge in [-0.05, 0) is 41.6 Å². The van der Waals surface area contributed by atoms with E-state index in [1.165, 1.54) is 11.8 Å². The van der Waals surface area contributed by atoms with Crippen molar-refractivity contribution in [1.29, 1.82) is 0 Å². The van der Waals surface area contributed by atoms with Crippen LogP contribution in [-0.4, -0.2) is 29.4 Å². The van der Waals surface area contributed by atoms with Crippen molar-refractivity contribution in [2.45, 2.75) is 31.1 Å². The van der Waals surface area contributed by atoms with E-state index >= 15 is 0 Å². The lowest BCUT2D eigenvalue weighted by molar-refractivity contribution is -0.764. The monoisotopic (exact) mass is 472 g/mol. The van der Waals surface area contributed by atoms with E-state index in [1.54, 1.807) is 16.7 Å². The molecule has 0 spiro atoms. The Morgan fingerprint density at radius 2 is 1.91 bits per heavy atom. The number of carbonyl (C=O) groups excluding carboxylic acids is 1.